The third-order valence-electron chi connectivity index (χ3n) is 4.88. The summed E-state index contributed by atoms with van der Waals surface area (Å²) in [6.07, 6.45) is -2.66. The molecule has 4 aliphatic rings. The first-order valence-corrected chi connectivity index (χ1v) is 8.47. The fourth-order valence-corrected chi connectivity index (χ4v) is 3.89. The fourth-order valence-electron chi connectivity index (χ4n) is 3.89. The Morgan fingerprint density at radius 2 is 1.62 bits per heavy atom. The number of hydrogen-bond acceptors (Lipinski definition) is 8. The van der Waals surface area contributed by atoms with Gasteiger partial charge in [0.1, 0.15) is 23.9 Å². The molecule has 0 bridgehead atoms. The molecule has 0 spiro atoms. The summed E-state index contributed by atoms with van der Waals surface area (Å²) in [4.78, 5) is 0. The molecular formula is C16H26O8. The van der Waals surface area contributed by atoms with E-state index in [2.05, 4.69) is 0 Å². The van der Waals surface area contributed by atoms with Crippen LogP contribution in [0.15, 0.2) is 0 Å². The molecule has 8 heteroatoms. The first kappa shape index (κ1) is 17.1. The van der Waals surface area contributed by atoms with Crippen LogP contribution in [0.25, 0.3) is 0 Å². The highest BCUT2D eigenvalue weighted by molar-refractivity contribution is 5.09. The smallest absolute Gasteiger partial charge is 0.190 e. The standard InChI is InChI=1S/C16H26O8/c1-14(2)20-8-9(22-14)11-16(17,7-10-18-5-6-19-10)12-13(21-11)24-15(3,4)23-12/h9-13,17H,5-8H2,1-4H3/t9-,11-,12+,13-,16-/m1/s1. The summed E-state index contributed by atoms with van der Waals surface area (Å²) in [7, 11) is 0. The van der Waals surface area contributed by atoms with Crippen molar-refractivity contribution < 1.29 is 38.3 Å². The summed E-state index contributed by atoms with van der Waals surface area (Å²) in [5.74, 6) is -1.54. The molecule has 4 heterocycles. The maximum Gasteiger partial charge on any atom is 0.190 e. The molecule has 0 aromatic carbocycles. The van der Waals surface area contributed by atoms with Gasteiger partial charge in [0.2, 0.25) is 0 Å². The first-order valence-electron chi connectivity index (χ1n) is 8.47. The second kappa shape index (κ2) is 5.59. The van der Waals surface area contributed by atoms with Crippen LogP contribution < -0.4 is 0 Å². The van der Waals surface area contributed by atoms with Crippen LogP contribution >= 0.6 is 0 Å². The third-order valence-corrected chi connectivity index (χ3v) is 4.88. The molecule has 24 heavy (non-hydrogen) atoms. The molecule has 4 fully saturated rings. The zero-order valence-electron chi connectivity index (χ0n) is 14.5. The molecule has 0 saturated carbocycles. The topological polar surface area (TPSA) is 84.8 Å². The van der Waals surface area contributed by atoms with E-state index in [0.717, 1.165) is 0 Å². The normalized spacial score (nSPS) is 47.4. The molecule has 0 aliphatic carbocycles. The maximum atomic E-state index is 11.5. The van der Waals surface area contributed by atoms with Crippen molar-refractivity contribution >= 4 is 0 Å². The van der Waals surface area contributed by atoms with Crippen molar-refractivity contribution in [1.82, 2.24) is 0 Å². The van der Waals surface area contributed by atoms with Crippen molar-refractivity contribution in [3.63, 3.8) is 0 Å². The lowest BCUT2D eigenvalue weighted by Gasteiger charge is -2.36. The van der Waals surface area contributed by atoms with Crippen LogP contribution in [-0.2, 0) is 33.2 Å². The van der Waals surface area contributed by atoms with E-state index in [-0.39, 0.29) is 6.42 Å². The zero-order chi connectivity index (χ0) is 17.2. The van der Waals surface area contributed by atoms with Gasteiger partial charge in [0.05, 0.1) is 19.8 Å². The van der Waals surface area contributed by atoms with Crippen molar-refractivity contribution in [3.8, 4) is 0 Å². The summed E-state index contributed by atoms with van der Waals surface area (Å²) in [5, 5.41) is 11.5. The monoisotopic (exact) mass is 346 g/mol. The Balaban J connectivity index is 1.58. The molecule has 0 aromatic rings. The number of fused-ring (bicyclic) bond motifs is 1. The van der Waals surface area contributed by atoms with E-state index >= 15 is 0 Å². The molecule has 0 aromatic heterocycles. The molecule has 5 atom stereocenters. The Bertz CT molecular complexity index is 488. The van der Waals surface area contributed by atoms with Gasteiger partial charge in [-0.05, 0) is 27.7 Å². The molecule has 8 nitrogen and oxygen atoms in total. The van der Waals surface area contributed by atoms with E-state index in [4.69, 9.17) is 33.2 Å². The average Bonchev–Trinajstić information content (AvgIpc) is 3.18. The third kappa shape index (κ3) is 2.89. The van der Waals surface area contributed by atoms with Gasteiger partial charge in [0.25, 0.3) is 0 Å². The van der Waals surface area contributed by atoms with Crippen molar-refractivity contribution in [2.75, 3.05) is 19.8 Å². The lowest BCUT2D eigenvalue weighted by Crippen LogP contribution is -2.55. The second-order valence-corrected chi connectivity index (χ2v) is 7.71. The molecule has 0 amide bonds. The summed E-state index contributed by atoms with van der Waals surface area (Å²) >= 11 is 0. The lowest BCUT2D eigenvalue weighted by molar-refractivity contribution is -0.255. The van der Waals surface area contributed by atoms with E-state index in [1.807, 2.05) is 13.8 Å². The molecule has 1 N–H and O–H groups in total. The molecular weight excluding hydrogens is 320 g/mol. The number of aliphatic hydroxyl groups is 1. The Labute approximate surface area is 141 Å². The van der Waals surface area contributed by atoms with Crippen molar-refractivity contribution in [2.45, 2.75) is 82.2 Å². The largest absolute Gasteiger partial charge is 0.384 e. The average molecular weight is 346 g/mol. The minimum absolute atomic E-state index is 0.221. The predicted octanol–water partition coefficient (Wildman–Crippen LogP) is 0.508. The van der Waals surface area contributed by atoms with Gasteiger partial charge in [-0.25, -0.2) is 0 Å². The molecule has 0 unspecified atom stereocenters. The van der Waals surface area contributed by atoms with Gasteiger partial charge in [-0.15, -0.1) is 0 Å². The number of hydrogen-bond donors (Lipinski definition) is 1. The van der Waals surface area contributed by atoms with Gasteiger partial charge in [-0.1, -0.05) is 0 Å². The summed E-state index contributed by atoms with van der Waals surface area (Å²) in [6.45, 7) is 8.62. The van der Waals surface area contributed by atoms with E-state index in [1.165, 1.54) is 0 Å². The SMILES string of the molecule is CC1(C)OC[C@H]([C@H]2O[C@@H]3OC(C)(C)O[C@@H]3[C@@]2(O)CC2OCCO2)O1. The molecule has 4 aliphatic heterocycles. The molecule has 4 saturated heterocycles. The minimum atomic E-state index is -1.36. The van der Waals surface area contributed by atoms with E-state index in [1.54, 1.807) is 13.8 Å². The van der Waals surface area contributed by atoms with Crippen molar-refractivity contribution in [3.05, 3.63) is 0 Å². The van der Waals surface area contributed by atoms with E-state index in [0.29, 0.717) is 19.8 Å². The van der Waals surface area contributed by atoms with Crippen LogP contribution in [0, 0.1) is 0 Å². The van der Waals surface area contributed by atoms with Crippen LogP contribution in [0.5, 0.6) is 0 Å². The molecule has 4 rings (SSSR count). The quantitative estimate of drug-likeness (QED) is 0.791. The van der Waals surface area contributed by atoms with Crippen LogP contribution in [0.2, 0.25) is 0 Å². The van der Waals surface area contributed by atoms with Crippen LogP contribution in [0.1, 0.15) is 34.1 Å². The Hall–Kier alpha value is -0.320. The highest BCUT2D eigenvalue weighted by atomic mass is 16.8. The number of rotatable bonds is 3. The lowest BCUT2D eigenvalue weighted by atomic mass is 9.86. The maximum absolute atomic E-state index is 11.5. The van der Waals surface area contributed by atoms with Crippen molar-refractivity contribution in [2.24, 2.45) is 0 Å². The van der Waals surface area contributed by atoms with Gasteiger partial charge >= 0.3 is 0 Å². The fraction of sp³-hybridized carbons (Fsp3) is 1.00. The number of ether oxygens (including phenoxy) is 7. The molecule has 0 radical (unpaired) electrons. The minimum Gasteiger partial charge on any atom is -0.384 e. The highest BCUT2D eigenvalue weighted by Crippen LogP contribution is 2.48. The Morgan fingerprint density at radius 1 is 0.917 bits per heavy atom. The van der Waals surface area contributed by atoms with Gasteiger partial charge in [0, 0.05) is 6.42 Å². The van der Waals surface area contributed by atoms with Gasteiger partial charge in [-0.3, -0.25) is 0 Å². The van der Waals surface area contributed by atoms with Crippen LogP contribution in [0.4, 0.5) is 0 Å². The summed E-state index contributed by atoms with van der Waals surface area (Å²) < 4.78 is 40.3. The van der Waals surface area contributed by atoms with Crippen LogP contribution in [0.3, 0.4) is 0 Å². The Kier molecular flexibility index (Phi) is 3.98. The molecule has 138 valence electrons. The van der Waals surface area contributed by atoms with Crippen molar-refractivity contribution in [1.29, 1.82) is 0 Å². The first-order chi connectivity index (χ1) is 11.2. The van der Waals surface area contributed by atoms with Gasteiger partial charge in [-0.2, -0.15) is 0 Å². The zero-order valence-corrected chi connectivity index (χ0v) is 14.5. The van der Waals surface area contributed by atoms with E-state index in [9.17, 15) is 5.11 Å². The van der Waals surface area contributed by atoms with Gasteiger partial charge < -0.3 is 38.3 Å². The summed E-state index contributed by atoms with van der Waals surface area (Å²) in [5.41, 5.74) is -1.36. The second-order valence-electron chi connectivity index (χ2n) is 7.71. The van der Waals surface area contributed by atoms with Crippen LogP contribution in [-0.4, -0.2) is 73.0 Å². The highest BCUT2D eigenvalue weighted by Gasteiger charge is 2.66. The summed E-state index contributed by atoms with van der Waals surface area (Å²) in [6, 6.07) is 0. The van der Waals surface area contributed by atoms with Gasteiger partial charge in [0.15, 0.2) is 24.2 Å². The Morgan fingerprint density at radius 3 is 2.25 bits per heavy atom. The van der Waals surface area contributed by atoms with E-state index < -0.39 is 48.1 Å². The predicted molar refractivity (Wildman–Crippen MR) is 78.9 cm³/mol.